The number of aromatic amines is 1. The van der Waals surface area contributed by atoms with Crippen molar-refractivity contribution in [3.05, 3.63) is 52.6 Å². The molecular formula is C12H10FNO2. The van der Waals surface area contributed by atoms with Crippen molar-refractivity contribution in [1.29, 1.82) is 0 Å². The maximum Gasteiger partial charge on any atom is 0.182 e. The Balaban J connectivity index is 2.52. The van der Waals surface area contributed by atoms with Gasteiger partial charge in [-0.3, -0.25) is 4.79 Å². The highest BCUT2D eigenvalue weighted by Gasteiger charge is 2.05. The second-order valence-corrected chi connectivity index (χ2v) is 3.29. The number of H-pyrrole nitrogens is 1. The second-order valence-electron chi connectivity index (χ2n) is 3.29. The summed E-state index contributed by atoms with van der Waals surface area (Å²) in [4.78, 5) is 14.1. The van der Waals surface area contributed by atoms with E-state index in [9.17, 15) is 9.18 Å². The predicted molar refractivity (Wildman–Crippen MR) is 59.0 cm³/mol. The van der Waals surface area contributed by atoms with Gasteiger partial charge >= 0.3 is 0 Å². The molecule has 0 saturated carbocycles. The van der Waals surface area contributed by atoms with Crippen LogP contribution in [-0.2, 0) is 0 Å². The lowest BCUT2D eigenvalue weighted by Gasteiger charge is -2.05. The first-order valence-electron chi connectivity index (χ1n) is 4.73. The molecule has 1 N–H and O–H groups in total. The third kappa shape index (κ3) is 1.95. The molecule has 0 saturated heterocycles. The van der Waals surface area contributed by atoms with Crippen molar-refractivity contribution in [2.24, 2.45) is 0 Å². The number of benzene rings is 1. The van der Waals surface area contributed by atoms with Crippen molar-refractivity contribution in [1.82, 2.24) is 4.98 Å². The summed E-state index contributed by atoms with van der Waals surface area (Å²) in [6.45, 7) is 0. The highest BCUT2D eigenvalue weighted by molar-refractivity contribution is 5.61. The fourth-order valence-electron chi connectivity index (χ4n) is 1.44. The summed E-state index contributed by atoms with van der Waals surface area (Å²) in [6.07, 6.45) is 1.55. The number of nitrogens with one attached hydrogen (secondary N) is 1. The number of hydrogen-bond donors (Lipinski definition) is 1. The quantitative estimate of drug-likeness (QED) is 0.841. The molecule has 0 fully saturated rings. The molecule has 82 valence electrons. The molecule has 16 heavy (non-hydrogen) atoms. The number of rotatable bonds is 2. The average molecular weight is 219 g/mol. The Labute approximate surface area is 91.5 Å². The summed E-state index contributed by atoms with van der Waals surface area (Å²) in [5, 5.41) is 0. The summed E-state index contributed by atoms with van der Waals surface area (Å²) in [5.74, 6) is -0.272. The van der Waals surface area contributed by atoms with E-state index in [0.29, 0.717) is 11.3 Å². The lowest BCUT2D eigenvalue weighted by molar-refractivity contribution is 0.387. The van der Waals surface area contributed by atoms with Gasteiger partial charge in [0.05, 0.1) is 7.11 Å². The fourth-order valence-corrected chi connectivity index (χ4v) is 1.44. The van der Waals surface area contributed by atoms with Gasteiger partial charge in [-0.05, 0) is 18.2 Å². The monoisotopic (exact) mass is 219 g/mol. The molecule has 1 aromatic carbocycles. The molecule has 2 rings (SSSR count). The molecule has 4 heteroatoms. The van der Waals surface area contributed by atoms with Crippen LogP contribution >= 0.6 is 0 Å². The minimum Gasteiger partial charge on any atom is -0.494 e. The fraction of sp³-hybridized carbons (Fsp3) is 0.0833. The molecule has 0 spiro atoms. The summed E-state index contributed by atoms with van der Waals surface area (Å²) in [5.41, 5.74) is 1.23. The second kappa shape index (κ2) is 4.18. The van der Waals surface area contributed by atoms with Crippen molar-refractivity contribution in [2.45, 2.75) is 0 Å². The van der Waals surface area contributed by atoms with Gasteiger partial charge in [0.25, 0.3) is 0 Å². The largest absolute Gasteiger partial charge is 0.494 e. The lowest BCUT2D eigenvalue weighted by Crippen LogP contribution is -1.98. The standard InChI is InChI=1S/C12H10FNO2/c1-16-12-6-8(2-3-10(12)13)11-7-9(15)4-5-14-11/h2-7H,1H3,(H,14,15). The van der Waals surface area contributed by atoms with Crippen molar-refractivity contribution in [3.63, 3.8) is 0 Å². The normalized spacial score (nSPS) is 10.1. The number of methoxy groups -OCH3 is 1. The minimum absolute atomic E-state index is 0.1000. The van der Waals surface area contributed by atoms with E-state index < -0.39 is 5.82 Å². The first-order chi connectivity index (χ1) is 7.70. The van der Waals surface area contributed by atoms with E-state index in [1.54, 1.807) is 18.3 Å². The smallest absolute Gasteiger partial charge is 0.182 e. The van der Waals surface area contributed by atoms with Crippen LogP contribution in [0.25, 0.3) is 11.3 Å². The van der Waals surface area contributed by atoms with Gasteiger partial charge in [0.2, 0.25) is 0 Å². The summed E-state index contributed by atoms with van der Waals surface area (Å²) in [6, 6.07) is 7.31. The zero-order valence-corrected chi connectivity index (χ0v) is 8.66. The number of ether oxygens (including phenoxy) is 1. The van der Waals surface area contributed by atoms with Crippen LogP contribution in [0.4, 0.5) is 4.39 Å². The Bertz CT molecular complexity index is 563. The molecule has 1 aromatic heterocycles. The molecule has 0 atom stereocenters. The van der Waals surface area contributed by atoms with Gasteiger partial charge in [-0.2, -0.15) is 0 Å². The van der Waals surface area contributed by atoms with Crippen LogP contribution in [-0.4, -0.2) is 12.1 Å². The van der Waals surface area contributed by atoms with Gasteiger partial charge < -0.3 is 9.72 Å². The van der Waals surface area contributed by atoms with Crippen LogP contribution < -0.4 is 10.2 Å². The number of hydrogen-bond acceptors (Lipinski definition) is 2. The van der Waals surface area contributed by atoms with E-state index in [-0.39, 0.29) is 11.2 Å². The van der Waals surface area contributed by atoms with Gasteiger partial charge in [-0.1, -0.05) is 0 Å². The number of halogens is 1. The van der Waals surface area contributed by atoms with Crippen molar-refractivity contribution < 1.29 is 9.13 Å². The van der Waals surface area contributed by atoms with E-state index in [1.807, 2.05) is 0 Å². The molecule has 0 amide bonds. The Hall–Kier alpha value is -2.10. The van der Waals surface area contributed by atoms with Gasteiger partial charge in [-0.15, -0.1) is 0 Å². The molecule has 0 aliphatic rings. The van der Waals surface area contributed by atoms with Gasteiger partial charge in [0.15, 0.2) is 17.0 Å². The molecule has 2 aromatic rings. The molecule has 0 radical (unpaired) electrons. The molecule has 3 nitrogen and oxygen atoms in total. The van der Waals surface area contributed by atoms with E-state index in [1.165, 1.54) is 25.3 Å². The third-order valence-corrected chi connectivity index (χ3v) is 2.24. The van der Waals surface area contributed by atoms with Crippen LogP contribution in [0.2, 0.25) is 0 Å². The van der Waals surface area contributed by atoms with Crippen LogP contribution in [0.1, 0.15) is 0 Å². The molecule has 0 aliphatic carbocycles. The molecule has 0 unspecified atom stereocenters. The van der Waals surface area contributed by atoms with Gasteiger partial charge in [-0.25, -0.2) is 4.39 Å². The maximum absolute atomic E-state index is 13.2. The summed E-state index contributed by atoms with van der Waals surface area (Å²) in [7, 11) is 1.40. The zero-order chi connectivity index (χ0) is 11.5. The van der Waals surface area contributed by atoms with E-state index in [0.717, 1.165) is 0 Å². The van der Waals surface area contributed by atoms with E-state index in [4.69, 9.17) is 4.74 Å². The maximum atomic E-state index is 13.2. The third-order valence-electron chi connectivity index (χ3n) is 2.24. The molecule has 0 bridgehead atoms. The Morgan fingerprint density at radius 2 is 2.06 bits per heavy atom. The Morgan fingerprint density at radius 3 is 2.75 bits per heavy atom. The summed E-state index contributed by atoms with van der Waals surface area (Å²) >= 11 is 0. The van der Waals surface area contributed by atoms with Crippen molar-refractivity contribution >= 4 is 0 Å². The topological polar surface area (TPSA) is 42.1 Å². The predicted octanol–water partition coefficient (Wildman–Crippen LogP) is 2.19. The molecule has 1 heterocycles. The highest BCUT2D eigenvalue weighted by Crippen LogP contribution is 2.24. The zero-order valence-electron chi connectivity index (χ0n) is 8.66. The Kier molecular flexibility index (Phi) is 2.72. The van der Waals surface area contributed by atoms with Crippen molar-refractivity contribution in [2.75, 3.05) is 7.11 Å². The summed E-state index contributed by atoms with van der Waals surface area (Å²) < 4.78 is 18.0. The SMILES string of the molecule is COc1cc(-c2cc(=O)cc[nH]2)ccc1F. The van der Waals surface area contributed by atoms with E-state index in [2.05, 4.69) is 4.98 Å². The van der Waals surface area contributed by atoms with Gasteiger partial charge in [0, 0.05) is 29.6 Å². The first-order valence-corrected chi connectivity index (χ1v) is 4.73. The van der Waals surface area contributed by atoms with E-state index >= 15 is 0 Å². The highest BCUT2D eigenvalue weighted by atomic mass is 19.1. The number of pyridine rings is 1. The first kappa shape index (κ1) is 10.4. The van der Waals surface area contributed by atoms with Crippen LogP contribution in [0.3, 0.4) is 0 Å². The molecule has 0 aliphatic heterocycles. The molecular weight excluding hydrogens is 209 g/mol. The van der Waals surface area contributed by atoms with Crippen molar-refractivity contribution in [3.8, 4) is 17.0 Å². The minimum atomic E-state index is -0.426. The van der Waals surface area contributed by atoms with Crippen LogP contribution in [0.5, 0.6) is 5.75 Å². The lowest BCUT2D eigenvalue weighted by atomic mass is 10.1. The Morgan fingerprint density at radius 1 is 1.25 bits per heavy atom. The van der Waals surface area contributed by atoms with Crippen LogP contribution in [0.15, 0.2) is 41.3 Å². The number of aromatic nitrogens is 1. The average Bonchev–Trinajstić information content (AvgIpc) is 2.29. The van der Waals surface area contributed by atoms with Gasteiger partial charge in [0.1, 0.15) is 0 Å². The van der Waals surface area contributed by atoms with Crippen LogP contribution in [0, 0.1) is 5.82 Å².